The molecule has 1 aromatic carbocycles. The monoisotopic (exact) mass is 160 g/mol. The normalized spacial score (nSPS) is 11.3. The fraction of sp³-hybridized carbons (Fsp3) is 0.0909. The van der Waals surface area contributed by atoms with Crippen molar-refractivity contribution >= 4 is 11.8 Å². The zero-order valence-electron chi connectivity index (χ0n) is 7.38. The lowest BCUT2D eigenvalue weighted by molar-refractivity contribution is -0.255. The Labute approximate surface area is 73.2 Å². The fourth-order valence-electron chi connectivity index (χ4n) is 0.979. The Balaban J connectivity index is 3.04. The third kappa shape index (κ3) is 2.07. The van der Waals surface area contributed by atoms with Gasteiger partial charge in [-0.05, 0) is 25.1 Å². The number of allylic oxidation sites excluding steroid dienone is 2. The Hall–Kier alpha value is -1.34. The molecule has 3 N–H and O–H groups in total. The molecule has 0 aliphatic heterocycles. The molecule has 62 valence electrons. The van der Waals surface area contributed by atoms with E-state index in [4.69, 9.17) is 0 Å². The van der Waals surface area contributed by atoms with E-state index in [0.717, 1.165) is 16.8 Å². The van der Waals surface area contributed by atoms with Crippen molar-refractivity contribution in [3.8, 4) is 0 Å². The Kier molecular flexibility index (Phi) is 2.83. The Bertz CT molecular complexity index is 311. The van der Waals surface area contributed by atoms with Crippen LogP contribution in [0.25, 0.3) is 6.08 Å². The van der Waals surface area contributed by atoms with E-state index in [1.165, 1.54) is 0 Å². The molecule has 0 saturated carbocycles. The molecule has 0 atom stereocenters. The van der Waals surface area contributed by atoms with Gasteiger partial charge in [0.25, 0.3) is 0 Å². The first-order chi connectivity index (χ1) is 5.74. The van der Waals surface area contributed by atoms with Gasteiger partial charge in [0.1, 0.15) is 5.69 Å². The Morgan fingerprint density at radius 2 is 2.08 bits per heavy atom. The van der Waals surface area contributed by atoms with Gasteiger partial charge >= 0.3 is 0 Å². The Morgan fingerprint density at radius 3 is 2.67 bits per heavy atom. The molecule has 0 aromatic heterocycles. The van der Waals surface area contributed by atoms with Crippen LogP contribution in [0.1, 0.15) is 12.5 Å². The highest BCUT2D eigenvalue weighted by molar-refractivity contribution is 5.63. The standard InChI is InChI=1S/C11H13N/c1-3-9(2)8-10-6-4-5-7-11(10)12/h3-8H,1,12H2,2H3/p+1/b9-8-. The van der Waals surface area contributed by atoms with Gasteiger partial charge in [0.05, 0.1) is 0 Å². The summed E-state index contributed by atoms with van der Waals surface area (Å²) < 4.78 is 0. The van der Waals surface area contributed by atoms with Crippen LogP contribution in [0.5, 0.6) is 0 Å². The van der Waals surface area contributed by atoms with E-state index in [-0.39, 0.29) is 0 Å². The van der Waals surface area contributed by atoms with E-state index in [9.17, 15) is 0 Å². The predicted octanol–water partition coefficient (Wildman–Crippen LogP) is 2.15. The van der Waals surface area contributed by atoms with Crippen LogP contribution in [0.15, 0.2) is 42.5 Å². The summed E-state index contributed by atoms with van der Waals surface area (Å²) in [6.07, 6.45) is 3.92. The molecule has 0 unspecified atom stereocenters. The number of hydrogen-bond donors (Lipinski definition) is 1. The Morgan fingerprint density at radius 1 is 1.42 bits per heavy atom. The third-order valence-corrected chi connectivity index (χ3v) is 1.76. The zero-order chi connectivity index (χ0) is 8.97. The molecule has 0 bridgehead atoms. The van der Waals surface area contributed by atoms with Crippen molar-refractivity contribution in [2.24, 2.45) is 0 Å². The third-order valence-electron chi connectivity index (χ3n) is 1.76. The van der Waals surface area contributed by atoms with Crippen LogP contribution in [0.3, 0.4) is 0 Å². The smallest absolute Gasteiger partial charge is 0.135 e. The minimum Gasteiger partial charge on any atom is -0.325 e. The van der Waals surface area contributed by atoms with Gasteiger partial charge in [-0.15, -0.1) is 0 Å². The van der Waals surface area contributed by atoms with Crippen molar-refractivity contribution in [2.75, 3.05) is 0 Å². The highest BCUT2D eigenvalue weighted by atomic mass is 14.5. The lowest BCUT2D eigenvalue weighted by Gasteiger charge is -1.95. The van der Waals surface area contributed by atoms with Crippen LogP contribution < -0.4 is 5.73 Å². The minimum absolute atomic E-state index is 1.05. The van der Waals surface area contributed by atoms with Crippen molar-refractivity contribution in [3.05, 3.63) is 48.1 Å². The van der Waals surface area contributed by atoms with Gasteiger partial charge in [-0.25, -0.2) is 0 Å². The second kappa shape index (κ2) is 3.88. The number of quaternary nitrogens is 1. The summed E-state index contributed by atoms with van der Waals surface area (Å²) in [4.78, 5) is 0. The van der Waals surface area contributed by atoms with Gasteiger partial charge in [-0.3, -0.25) is 0 Å². The molecule has 0 saturated heterocycles. The van der Waals surface area contributed by atoms with Gasteiger partial charge in [0.2, 0.25) is 0 Å². The predicted molar refractivity (Wildman–Crippen MR) is 52.8 cm³/mol. The first kappa shape index (κ1) is 8.75. The molecule has 1 heteroatoms. The average molecular weight is 160 g/mol. The summed E-state index contributed by atoms with van der Waals surface area (Å²) in [5, 5.41) is 0. The maximum atomic E-state index is 3.93. The van der Waals surface area contributed by atoms with Crippen LogP contribution in [-0.2, 0) is 0 Å². The van der Waals surface area contributed by atoms with E-state index < -0.39 is 0 Å². The summed E-state index contributed by atoms with van der Waals surface area (Å²) in [6, 6.07) is 8.05. The fourth-order valence-corrected chi connectivity index (χ4v) is 0.979. The van der Waals surface area contributed by atoms with Gasteiger partial charge in [-0.2, -0.15) is 0 Å². The summed E-state index contributed by atoms with van der Waals surface area (Å²) in [7, 11) is 0. The molecule has 0 aliphatic carbocycles. The molecule has 0 fully saturated rings. The van der Waals surface area contributed by atoms with Crippen molar-refractivity contribution < 1.29 is 5.73 Å². The summed E-state index contributed by atoms with van der Waals surface area (Å²) in [5.41, 5.74) is 7.30. The van der Waals surface area contributed by atoms with E-state index in [1.807, 2.05) is 31.2 Å². The summed E-state index contributed by atoms with van der Waals surface area (Å²) >= 11 is 0. The lowest BCUT2D eigenvalue weighted by atomic mass is 10.1. The highest BCUT2D eigenvalue weighted by Gasteiger charge is 1.95. The summed E-state index contributed by atoms with van der Waals surface area (Å²) in [6.45, 7) is 5.72. The van der Waals surface area contributed by atoms with Crippen LogP contribution in [0.4, 0.5) is 5.69 Å². The molecule has 12 heavy (non-hydrogen) atoms. The molecule has 0 amide bonds. The largest absolute Gasteiger partial charge is 0.325 e. The average Bonchev–Trinajstić information content (AvgIpc) is 2.09. The van der Waals surface area contributed by atoms with Gasteiger partial charge in [-0.1, -0.05) is 30.4 Å². The highest BCUT2D eigenvalue weighted by Crippen LogP contribution is 2.13. The molecular weight excluding hydrogens is 146 g/mol. The molecular formula is C11H14N+. The second-order valence-corrected chi connectivity index (χ2v) is 2.79. The molecule has 0 spiro atoms. The molecule has 0 radical (unpaired) electrons. The van der Waals surface area contributed by atoms with E-state index in [2.05, 4.69) is 24.5 Å². The van der Waals surface area contributed by atoms with Gasteiger partial charge in [0, 0.05) is 5.56 Å². The second-order valence-electron chi connectivity index (χ2n) is 2.79. The summed E-state index contributed by atoms with van der Waals surface area (Å²) in [5.74, 6) is 0. The van der Waals surface area contributed by atoms with Crippen molar-refractivity contribution in [1.29, 1.82) is 0 Å². The molecule has 1 aromatic rings. The number of benzene rings is 1. The first-order valence-corrected chi connectivity index (χ1v) is 3.96. The van der Waals surface area contributed by atoms with Gasteiger partial charge < -0.3 is 5.73 Å². The van der Waals surface area contributed by atoms with Crippen LogP contribution in [-0.4, -0.2) is 0 Å². The van der Waals surface area contributed by atoms with E-state index >= 15 is 0 Å². The lowest BCUT2D eigenvalue weighted by Crippen LogP contribution is -2.40. The van der Waals surface area contributed by atoms with Crippen molar-refractivity contribution in [1.82, 2.24) is 0 Å². The molecule has 1 rings (SSSR count). The van der Waals surface area contributed by atoms with Gasteiger partial charge in [0.15, 0.2) is 0 Å². The quantitative estimate of drug-likeness (QED) is 0.642. The van der Waals surface area contributed by atoms with Crippen molar-refractivity contribution in [3.63, 3.8) is 0 Å². The van der Waals surface area contributed by atoms with E-state index in [0.29, 0.717) is 0 Å². The topological polar surface area (TPSA) is 27.6 Å². The van der Waals surface area contributed by atoms with Crippen LogP contribution in [0.2, 0.25) is 0 Å². The first-order valence-electron chi connectivity index (χ1n) is 3.96. The molecule has 0 aliphatic rings. The maximum Gasteiger partial charge on any atom is 0.135 e. The van der Waals surface area contributed by atoms with E-state index in [1.54, 1.807) is 0 Å². The maximum absolute atomic E-state index is 3.93. The number of hydrogen-bond acceptors (Lipinski definition) is 0. The van der Waals surface area contributed by atoms with Crippen LogP contribution in [0, 0.1) is 0 Å². The number of rotatable bonds is 2. The van der Waals surface area contributed by atoms with Crippen LogP contribution >= 0.6 is 0 Å². The minimum atomic E-state index is 1.05. The molecule has 0 heterocycles. The zero-order valence-corrected chi connectivity index (χ0v) is 7.38. The SMILES string of the molecule is C=C/C(C)=C\c1ccccc1[NH3+]. The molecule has 1 nitrogen and oxygen atoms in total. The van der Waals surface area contributed by atoms with Crippen molar-refractivity contribution in [2.45, 2.75) is 6.92 Å².